The fraction of sp³-hybridized carbons (Fsp3) is 0.0833. The summed E-state index contributed by atoms with van der Waals surface area (Å²) in [5.74, 6) is 0. The molecule has 17 heavy (non-hydrogen) atoms. The molecule has 0 aliphatic heterocycles. The van der Waals surface area contributed by atoms with Gasteiger partial charge < -0.3 is 5.32 Å². The Hall–Kier alpha value is -0.770. The number of aromatic nitrogens is 1. The lowest BCUT2D eigenvalue weighted by Crippen LogP contribution is -2.01. The van der Waals surface area contributed by atoms with Crippen molar-refractivity contribution >= 4 is 44.8 Å². The van der Waals surface area contributed by atoms with Gasteiger partial charge in [-0.1, -0.05) is 29.3 Å². The molecule has 88 valence electrons. The topological polar surface area (TPSA) is 24.9 Å². The summed E-state index contributed by atoms with van der Waals surface area (Å²) in [4.78, 5) is 4.09. The van der Waals surface area contributed by atoms with E-state index in [0.29, 0.717) is 16.6 Å². The number of pyridine rings is 1. The Kier molecular flexibility index (Phi) is 4.26. The van der Waals surface area contributed by atoms with E-state index in [2.05, 4.69) is 26.2 Å². The van der Waals surface area contributed by atoms with Crippen LogP contribution in [0.15, 0.2) is 41.1 Å². The van der Waals surface area contributed by atoms with Crippen molar-refractivity contribution in [3.05, 3.63) is 56.7 Å². The van der Waals surface area contributed by atoms with Gasteiger partial charge in [0.2, 0.25) is 0 Å². The van der Waals surface area contributed by atoms with Gasteiger partial charge >= 0.3 is 0 Å². The normalized spacial score (nSPS) is 10.3. The van der Waals surface area contributed by atoms with Crippen LogP contribution < -0.4 is 5.32 Å². The maximum absolute atomic E-state index is 6.06. The van der Waals surface area contributed by atoms with E-state index < -0.39 is 0 Å². The van der Waals surface area contributed by atoms with Crippen LogP contribution in [-0.4, -0.2) is 4.98 Å². The minimum atomic E-state index is 0.612. The molecule has 1 heterocycles. The van der Waals surface area contributed by atoms with Gasteiger partial charge in [-0.2, -0.15) is 0 Å². The van der Waals surface area contributed by atoms with Crippen molar-refractivity contribution in [2.75, 3.05) is 5.32 Å². The average Bonchev–Trinajstić information content (AvgIpc) is 2.28. The van der Waals surface area contributed by atoms with E-state index in [1.54, 1.807) is 24.5 Å². The fourth-order valence-corrected chi connectivity index (χ4v) is 2.35. The number of nitrogens with zero attached hydrogens (tertiary/aromatic N) is 1. The van der Waals surface area contributed by atoms with Crippen LogP contribution in [0.4, 0.5) is 5.69 Å². The molecule has 0 unspecified atom stereocenters. The molecule has 0 radical (unpaired) electrons. The lowest BCUT2D eigenvalue weighted by atomic mass is 10.2. The van der Waals surface area contributed by atoms with Crippen LogP contribution in [0.1, 0.15) is 5.56 Å². The highest BCUT2D eigenvalue weighted by molar-refractivity contribution is 9.10. The Balaban J connectivity index is 2.13. The quantitative estimate of drug-likeness (QED) is 0.876. The van der Waals surface area contributed by atoms with Crippen LogP contribution in [0.3, 0.4) is 0 Å². The Morgan fingerprint density at radius 3 is 2.53 bits per heavy atom. The van der Waals surface area contributed by atoms with Crippen LogP contribution in [0, 0.1) is 0 Å². The molecule has 0 amide bonds. The van der Waals surface area contributed by atoms with Gasteiger partial charge in [0.15, 0.2) is 0 Å². The maximum Gasteiger partial charge on any atom is 0.0721 e. The Labute approximate surface area is 118 Å². The summed E-state index contributed by atoms with van der Waals surface area (Å²) in [5, 5.41) is 4.42. The van der Waals surface area contributed by atoms with E-state index in [4.69, 9.17) is 23.2 Å². The summed E-state index contributed by atoms with van der Waals surface area (Å²) in [6.07, 6.45) is 3.54. The van der Waals surface area contributed by atoms with Gasteiger partial charge in [0, 0.05) is 23.4 Å². The highest BCUT2D eigenvalue weighted by Crippen LogP contribution is 2.30. The molecule has 5 heteroatoms. The first kappa shape index (κ1) is 12.7. The largest absolute Gasteiger partial charge is 0.378 e. The zero-order valence-electron chi connectivity index (χ0n) is 8.75. The summed E-state index contributed by atoms with van der Waals surface area (Å²) in [6.45, 7) is 0.621. The molecule has 0 fully saturated rings. The zero-order chi connectivity index (χ0) is 12.3. The minimum Gasteiger partial charge on any atom is -0.378 e. The third-order valence-electron chi connectivity index (χ3n) is 2.19. The number of halogens is 3. The van der Waals surface area contributed by atoms with E-state index in [1.807, 2.05) is 12.1 Å². The highest BCUT2D eigenvalue weighted by atomic mass is 79.9. The standard InChI is InChI=1S/C12H9BrCl2N2/c13-9-4-8(5-16-7-9)6-17-12-10(14)2-1-3-11(12)15/h1-5,7,17H,6H2. The molecule has 0 aliphatic rings. The summed E-state index contributed by atoms with van der Waals surface area (Å²) >= 11 is 15.5. The minimum absolute atomic E-state index is 0.612. The molecule has 0 bridgehead atoms. The van der Waals surface area contributed by atoms with Crippen LogP contribution in [0.2, 0.25) is 10.0 Å². The van der Waals surface area contributed by atoms with Crippen LogP contribution in [-0.2, 0) is 6.54 Å². The van der Waals surface area contributed by atoms with Crippen molar-refractivity contribution in [2.24, 2.45) is 0 Å². The molecule has 2 aromatic rings. The highest BCUT2D eigenvalue weighted by Gasteiger charge is 2.04. The van der Waals surface area contributed by atoms with Crippen LogP contribution in [0.5, 0.6) is 0 Å². The van der Waals surface area contributed by atoms with Crippen molar-refractivity contribution < 1.29 is 0 Å². The zero-order valence-corrected chi connectivity index (χ0v) is 11.9. The smallest absolute Gasteiger partial charge is 0.0721 e. The number of nitrogens with one attached hydrogen (secondary N) is 1. The van der Waals surface area contributed by atoms with Gasteiger partial charge in [0.1, 0.15) is 0 Å². The predicted octanol–water partition coefficient (Wildman–Crippen LogP) is 4.76. The first-order valence-corrected chi connectivity index (χ1v) is 6.49. The molecule has 1 N–H and O–H groups in total. The van der Waals surface area contributed by atoms with Crippen molar-refractivity contribution in [3.8, 4) is 0 Å². The first-order chi connectivity index (χ1) is 8.16. The third-order valence-corrected chi connectivity index (χ3v) is 3.26. The lowest BCUT2D eigenvalue weighted by molar-refractivity contribution is 1.11. The van der Waals surface area contributed by atoms with Gasteiger partial charge in [0.25, 0.3) is 0 Å². The molecule has 1 aromatic heterocycles. The van der Waals surface area contributed by atoms with Crippen molar-refractivity contribution in [1.29, 1.82) is 0 Å². The summed E-state index contributed by atoms with van der Waals surface area (Å²) < 4.78 is 0.946. The summed E-state index contributed by atoms with van der Waals surface area (Å²) in [5.41, 5.74) is 1.80. The van der Waals surface area contributed by atoms with E-state index in [1.165, 1.54) is 0 Å². The molecule has 0 atom stereocenters. The maximum atomic E-state index is 6.06. The second kappa shape index (κ2) is 5.71. The van der Waals surface area contributed by atoms with Gasteiger partial charge in [-0.15, -0.1) is 0 Å². The molecule has 0 spiro atoms. The second-order valence-electron chi connectivity index (χ2n) is 3.46. The summed E-state index contributed by atoms with van der Waals surface area (Å²) in [7, 11) is 0. The first-order valence-electron chi connectivity index (χ1n) is 4.94. The Morgan fingerprint density at radius 1 is 1.18 bits per heavy atom. The Morgan fingerprint density at radius 2 is 1.88 bits per heavy atom. The molecule has 2 rings (SSSR count). The molecular formula is C12H9BrCl2N2. The van der Waals surface area contributed by atoms with Crippen molar-refractivity contribution in [1.82, 2.24) is 4.98 Å². The van der Waals surface area contributed by atoms with E-state index >= 15 is 0 Å². The molecule has 2 nitrogen and oxygen atoms in total. The number of anilines is 1. The number of para-hydroxylation sites is 1. The van der Waals surface area contributed by atoms with E-state index in [-0.39, 0.29) is 0 Å². The van der Waals surface area contributed by atoms with Crippen LogP contribution >= 0.6 is 39.1 Å². The summed E-state index contributed by atoms with van der Waals surface area (Å²) in [6, 6.07) is 7.41. The fourth-order valence-electron chi connectivity index (χ4n) is 1.41. The third kappa shape index (κ3) is 3.35. The molecule has 0 saturated carbocycles. The van der Waals surface area contributed by atoms with E-state index in [9.17, 15) is 0 Å². The second-order valence-corrected chi connectivity index (χ2v) is 5.19. The lowest BCUT2D eigenvalue weighted by Gasteiger charge is -2.10. The van der Waals surface area contributed by atoms with Gasteiger partial charge in [-0.25, -0.2) is 0 Å². The number of rotatable bonds is 3. The van der Waals surface area contributed by atoms with Gasteiger partial charge in [0.05, 0.1) is 15.7 Å². The van der Waals surface area contributed by atoms with Crippen molar-refractivity contribution in [3.63, 3.8) is 0 Å². The molecular weight excluding hydrogens is 323 g/mol. The van der Waals surface area contributed by atoms with Crippen molar-refractivity contribution in [2.45, 2.75) is 6.54 Å². The molecule has 0 saturated heterocycles. The average molecular weight is 332 g/mol. The number of hydrogen-bond donors (Lipinski definition) is 1. The SMILES string of the molecule is Clc1cccc(Cl)c1NCc1cncc(Br)c1. The monoisotopic (exact) mass is 330 g/mol. The van der Waals surface area contributed by atoms with Gasteiger partial charge in [-0.3, -0.25) is 4.98 Å². The predicted molar refractivity (Wildman–Crippen MR) is 75.7 cm³/mol. The van der Waals surface area contributed by atoms with Crippen LogP contribution in [0.25, 0.3) is 0 Å². The Bertz CT molecular complexity index is 511. The van der Waals surface area contributed by atoms with E-state index in [0.717, 1.165) is 15.7 Å². The number of hydrogen-bond acceptors (Lipinski definition) is 2. The molecule has 0 aliphatic carbocycles. The molecule has 1 aromatic carbocycles. The number of benzene rings is 1. The van der Waals surface area contributed by atoms with Gasteiger partial charge in [-0.05, 0) is 39.7 Å².